The molecule has 1 unspecified atom stereocenters. The predicted octanol–water partition coefficient (Wildman–Crippen LogP) is 1.67. The van der Waals surface area contributed by atoms with E-state index < -0.39 is 0 Å². The molecular weight excluding hydrogens is 188 g/mol. The van der Waals surface area contributed by atoms with Gasteiger partial charge >= 0.3 is 0 Å². The van der Waals surface area contributed by atoms with Crippen molar-refractivity contribution in [3.05, 3.63) is 0 Å². The Bertz CT molecular complexity index is 226. The lowest BCUT2D eigenvalue weighted by Crippen LogP contribution is -2.54. The van der Waals surface area contributed by atoms with Crippen molar-refractivity contribution in [2.24, 2.45) is 5.41 Å². The largest absolute Gasteiger partial charge is 0.221 e. The molecule has 0 aromatic carbocycles. The summed E-state index contributed by atoms with van der Waals surface area (Å²) in [7, 11) is 4.20. The third-order valence-electron chi connectivity index (χ3n) is 2.69. The third kappa shape index (κ3) is 2.50. The van der Waals surface area contributed by atoms with Gasteiger partial charge in [-0.3, -0.25) is 0 Å². The van der Waals surface area contributed by atoms with Crippen molar-refractivity contribution in [2.45, 2.75) is 53.2 Å². The third-order valence-corrected chi connectivity index (χ3v) is 2.69. The Kier molecular flexibility index (Phi) is 3.18. The average Bonchev–Trinajstić information content (AvgIpc) is 2.22. The van der Waals surface area contributed by atoms with E-state index in [4.69, 9.17) is 0 Å². The van der Waals surface area contributed by atoms with E-state index in [-0.39, 0.29) is 11.0 Å². The van der Waals surface area contributed by atoms with Crippen LogP contribution in [0.1, 0.15) is 41.5 Å². The van der Waals surface area contributed by atoms with E-state index in [1.54, 1.807) is 0 Å². The van der Waals surface area contributed by atoms with Crippen LogP contribution in [0.2, 0.25) is 0 Å². The Labute approximate surface area is 94.1 Å². The summed E-state index contributed by atoms with van der Waals surface area (Å²) in [6.45, 7) is 13.4. The van der Waals surface area contributed by atoms with Crippen LogP contribution in [0.4, 0.5) is 0 Å². The Morgan fingerprint density at radius 3 is 1.60 bits per heavy atom. The molecule has 90 valence electrons. The van der Waals surface area contributed by atoms with Crippen LogP contribution in [-0.4, -0.2) is 41.0 Å². The quantitative estimate of drug-likeness (QED) is 0.662. The molecule has 1 N–H and O–H groups in total. The van der Waals surface area contributed by atoms with Crippen LogP contribution < -0.4 is 5.43 Å². The smallest absolute Gasteiger partial charge is 0.0937 e. The highest BCUT2D eigenvalue weighted by Gasteiger charge is 2.43. The molecule has 4 nitrogen and oxygen atoms in total. The number of rotatable bonds is 0. The van der Waals surface area contributed by atoms with Crippen molar-refractivity contribution in [3.63, 3.8) is 0 Å². The second-order valence-electron chi connectivity index (χ2n) is 6.46. The van der Waals surface area contributed by atoms with Crippen molar-refractivity contribution >= 4 is 0 Å². The zero-order chi connectivity index (χ0) is 12.0. The van der Waals surface area contributed by atoms with Gasteiger partial charge in [0.2, 0.25) is 0 Å². The van der Waals surface area contributed by atoms with Gasteiger partial charge in [-0.25, -0.2) is 10.4 Å². The van der Waals surface area contributed by atoms with Crippen molar-refractivity contribution in [2.75, 3.05) is 14.1 Å². The summed E-state index contributed by atoms with van der Waals surface area (Å²) in [6.07, 6.45) is 0.335. The SMILES string of the molecule is CN1NC(C(C)(C)C)N(C)N1C(C)(C)C. The molecule has 1 aliphatic rings. The highest BCUT2D eigenvalue weighted by Crippen LogP contribution is 2.30. The van der Waals surface area contributed by atoms with Gasteiger partial charge in [0.15, 0.2) is 0 Å². The van der Waals surface area contributed by atoms with Gasteiger partial charge in [0.1, 0.15) is 0 Å². The lowest BCUT2D eigenvalue weighted by molar-refractivity contribution is -0.176. The molecule has 0 bridgehead atoms. The van der Waals surface area contributed by atoms with E-state index in [2.05, 4.69) is 76.3 Å². The van der Waals surface area contributed by atoms with E-state index in [0.717, 1.165) is 0 Å². The van der Waals surface area contributed by atoms with Crippen LogP contribution in [0.25, 0.3) is 0 Å². The first kappa shape index (κ1) is 12.9. The van der Waals surface area contributed by atoms with Crippen LogP contribution in [-0.2, 0) is 0 Å². The molecule has 0 aliphatic carbocycles. The average molecular weight is 214 g/mol. The van der Waals surface area contributed by atoms with Gasteiger partial charge in [-0.05, 0) is 26.2 Å². The Balaban J connectivity index is 2.89. The zero-order valence-electron chi connectivity index (χ0n) is 11.4. The molecule has 1 heterocycles. The van der Waals surface area contributed by atoms with Crippen molar-refractivity contribution in [3.8, 4) is 0 Å². The molecule has 0 aromatic heterocycles. The molecule has 4 heteroatoms. The van der Waals surface area contributed by atoms with Crippen molar-refractivity contribution in [1.82, 2.24) is 20.7 Å². The summed E-state index contributed by atoms with van der Waals surface area (Å²) in [4.78, 5) is 0. The molecule has 15 heavy (non-hydrogen) atoms. The maximum Gasteiger partial charge on any atom is 0.0937 e. The van der Waals surface area contributed by atoms with Crippen LogP contribution in [0, 0.1) is 5.41 Å². The first-order chi connectivity index (χ1) is 6.55. The van der Waals surface area contributed by atoms with Gasteiger partial charge in [-0.15, -0.1) is 0 Å². The molecule has 0 radical (unpaired) electrons. The first-order valence-corrected chi connectivity index (χ1v) is 5.58. The Morgan fingerprint density at radius 2 is 1.40 bits per heavy atom. The van der Waals surface area contributed by atoms with E-state index in [9.17, 15) is 0 Å². The van der Waals surface area contributed by atoms with Gasteiger partial charge in [0, 0.05) is 19.6 Å². The Morgan fingerprint density at radius 1 is 0.933 bits per heavy atom. The minimum Gasteiger partial charge on any atom is -0.221 e. The van der Waals surface area contributed by atoms with E-state index in [1.807, 2.05) is 0 Å². The van der Waals surface area contributed by atoms with Crippen LogP contribution >= 0.6 is 0 Å². The molecule has 1 saturated heterocycles. The fourth-order valence-electron chi connectivity index (χ4n) is 2.31. The number of hydrogen-bond acceptors (Lipinski definition) is 4. The van der Waals surface area contributed by atoms with Crippen molar-refractivity contribution in [1.29, 1.82) is 0 Å². The summed E-state index contributed by atoms with van der Waals surface area (Å²) in [6, 6.07) is 0. The zero-order valence-corrected chi connectivity index (χ0v) is 11.4. The highest BCUT2D eigenvalue weighted by molar-refractivity contribution is 4.84. The second kappa shape index (κ2) is 3.70. The van der Waals surface area contributed by atoms with Gasteiger partial charge in [-0.2, -0.15) is 10.2 Å². The van der Waals surface area contributed by atoms with Crippen LogP contribution in [0.3, 0.4) is 0 Å². The molecule has 1 rings (SSSR count). The number of hydrazine groups is 3. The Hall–Kier alpha value is -0.160. The molecule has 1 aliphatic heterocycles. The summed E-state index contributed by atoms with van der Waals surface area (Å²) < 4.78 is 0. The van der Waals surface area contributed by atoms with Gasteiger partial charge in [0.05, 0.1) is 6.17 Å². The topological polar surface area (TPSA) is 21.8 Å². The molecular formula is C11H26N4. The van der Waals surface area contributed by atoms with Crippen LogP contribution in [0.5, 0.6) is 0 Å². The summed E-state index contributed by atoms with van der Waals surface area (Å²) >= 11 is 0. The molecule has 0 spiro atoms. The van der Waals surface area contributed by atoms with Crippen LogP contribution in [0.15, 0.2) is 0 Å². The number of hydrogen-bond donors (Lipinski definition) is 1. The maximum absolute atomic E-state index is 3.49. The molecule has 1 atom stereocenters. The number of nitrogens with zero attached hydrogens (tertiary/aromatic N) is 3. The fraction of sp³-hybridized carbons (Fsp3) is 1.00. The lowest BCUT2D eigenvalue weighted by atomic mass is 9.92. The number of nitrogens with one attached hydrogen (secondary N) is 1. The monoisotopic (exact) mass is 214 g/mol. The summed E-state index contributed by atoms with van der Waals surface area (Å²) in [5.74, 6) is 0. The molecule has 0 saturated carbocycles. The van der Waals surface area contributed by atoms with Crippen molar-refractivity contribution < 1.29 is 0 Å². The van der Waals surface area contributed by atoms with E-state index >= 15 is 0 Å². The highest BCUT2D eigenvalue weighted by atomic mass is 16.0. The van der Waals surface area contributed by atoms with Gasteiger partial charge in [-0.1, -0.05) is 20.8 Å². The minimum absolute atomic E-state index is 0.0938. The molecule has 1 fully saturated rings. The second-order valence-corrected chi connectivity index (χ2v) is 6.46. The van der Waals surface area contributed by atoms with E-state index in [0.29, 0.717) is 6.17 Å². The predicted molar refractivity (Wildman–Crippen MR) is 63.5 cm³/mol. The normalized spacial score (nSPS) is 27.6. The lowest BCUT2D eigenvalue weighted by Gasteiger charge is -2.41. The molecule has 0 aromatic rings. The minimum atomic E-state index is 0.0938. The maximum atomic E-state index is 3.49. The van der Waals surface area contributed by atoms with Gasteiger partial charge < -0.3 is 0 Å². The first-order valence-electron chi connectivity index (χ1n) is 5.58. The molecule has 0 amide bonds. The summed E-state index contributed by atoms with van der Waals surface area (Å²) in [5, 5.41) is 6.61. The fourth-order valence-corrected chi connectivity index (χ4v) is 2.31. The van der Waals surface area contributed by atoms with Gasteiger partial charge in [0.25, 0.3) is 0 Å². The van der Waals surface area contributed by atoms with E-state index in [1.165, 1.54) is 0 Å². The standard InChI is InChI=1S/C11H26N4/c1-10(2,3)9-12-14(8)15(13(9)7)11(4,5)6/h9,12H,1-8H3. The summed E-state index contributed by atoms with van der Waals surface area (Å²) in [5.41, 5.74) is 3.79.